The lowest BCUT2D eigenvalue weighted by atomic mass is 9.78. The monoisotopic (exact) mass is 1670 g/mol. The van der Waals surface area contributed by atoms with E-state index in [4.69, 9.17) is 67.6 Å². The van der Waals surface area contributed by atoms with Gasteiger partial charge in [0.15, 0.2) is 0 Å². The molecular formula is C85H149B3N6O24. The second kappa shape index (κ2) is 42.5. The number of carboxylic acid groups (broad SMARTS) is 2. The molecule has 4 aliphatic heterocycles. The van der Waals surface area contributed by atoms with E-state index in [0.29, 0.717) is 83.3 Å². The Morgan fingerprint density at radius 2 is 0.890 bits per heavy atom. The van der Waals surface area contributed by atoms with Crippen molar-refractivity contribution < 1.29 is 115 Å². The van der Waals surface area contributed by atoms with Crippen molar-refractivity contribution in [3.63, 3.8) is 0 Å². The van der Waals surface area contributed by atoms with E-state index < -0.39 is 154 Å². The number of carboxylic acids is 2. The fraction of sp³-hybridized carbons (Fsp3) is 0.824. The van der Waals surface area contributed by atoms with Gasteiger partial charge >= 0.3 is 75.6 Å². The second-order valence-corrected chi connectivity index (χ2v) is 40.4. The van der Waals surface area contributed by atoms with Gasteiger partial charge in [0.25, 0.3) is 0 Å². The Hall–Kier alpha value is -6.48. The Morgan fingerprint density at radius 3 is 1.26 bits per heavy atom. The summed E-state index contributed by atoms with van der Waals surface area (Å²) >= 11 is 0. The van der Waals surface area contributed by atoms with E-state index in [0.717, 1.165) is 18.5 Å². The SMILES string of the molecule is CC(C)(C)OC(=O)CCCN(C(=O)OC(C)(C)C)[C@H]1CN(C(=O)OC(C)(C)C)[C@@](CCCCB2OC(C)(C)C(C)(C)O2)(C(=O)O)C1.CC(C)(C)OC(=O)CCCN(C(=O)OC(C)(C)C)[C@H]1CN(C(=O)OC(C)(C)C)[C@](CCCCB2OC(C)(C)C(C)(C)O2)(C(=O)OCc2ccccc2)C1.NCCN[C@H]1CC[C@@](CCCCB(O)O)(C(=O)O)C1. The van der Waals surface area contributed by atoms with E-state index in [1.807, 2.05) is 85.7 Å². The van der Waals surface area contributed by atoms with Crippen molar-refractivity contribution in [3.8, 4) is 0 Å². The van der Waals surface area contributed by atoms with Crippen LogP contribution in [-0.4, -0.2) is 240 Å². The molecule has 5 fully saturated rings. The summed E-state index contributed by atoms with van der Waals surface area (Å²) in [5, 5.41) is 41.0. The Labute approximate surface area is 705 Å². The third-order valence-corrected chi connectivity index (χ3v) is 21.9. The first-order valence-corrected chi connectivity index (χ1v) is 42.5. The molecule has 30 nitrogen and oxygen atoms in total. The van der Waals surface area contributed by atoms with E-state index in [1.54, 1.807) is 125 Å². The molecule has 4 amide bonds. The quantitative estimate of drug-likeness (QED) is 0.0165. The van der Waals surface area contributed by atoms with E-state index in [9.17, 15) is 53.4 Å². The molecule has 7 N–H and O–H groups in total. The molecule has 1 aromatic carbocycles. The molecular weight excluding hydrogens is 1520 g/mol. The third kappa shape index (κ3) is 33.1. The lowest BCUT2D eigenvalue weighted by molar-refractivity contribution is -0.158. The second-order valence-electron chi connectivity index (χ2n) is 40.4. The Kier molecular flexibility index (Phi) is 37.5. The molecule has 118 heavy (non-hydrogen) atoms. The molecule has 0 radical (unpaired) electrons. The Morgan fingerprint density at radius 1 is 0.508 bits per heavy atom. The van der Waals surface area contributed by atoms with Crippen LogP contribution in [-0.2, 0) is 82.4 Å². The number of nitrogens with one attached hydrogen (secondary N) is 1. The van der Waals surface area contributed by atoms with Gasteiger partial charge in [-0.2, -0.15) is 0 Å². The molecule has 0 unspecified atom stereocenters. The van der Waals surface area contributed by atoms with Gasteiger partial charge in [0.05, 0.1) is 39.9 Å². The molecule has 0 aromatic heterocycles. The van der Waals surface area contributed by atoms with Gasteiger partial charge in [-0.1, -0.05) is 68.9 Å². The number of esters is 3. The standard InChI is InChI=1S/C40H65BN2O10.C33H59BN2O10.C12H25BN2O4/c1-35(2,3)49-31(44)22-19-25-42(33(46)50-36(4,5)6)30-26-40(43(27-30)34(47)51-37(7,8)9,32(45)48-28-29-20-15-14-16-21-29)23-17-18-24-41-52-38(10,11)39(12,13)53-41;1-28(2,3)42-24(37)17-16-20-35(26(40)43-29(4,5)6)23-21-33(25(38)39,36(22-23)27(41)44-30(7,8)9)18-14-15-19-34-45-31(10,11)32(12,13)46-34;14-7-8-15-10-3-5-12(9-10,11(16)17)4-1-2-6-13(18)19/h14-16,20-21,30H,17-19,22-28H2,1-13H3;23H,14-22H2,1-13H3,(H,38,39);10,15,18-19H,1-9,14H2,(H,16,17)/t30-,40+;23-,33-;10-,12+/m110/s1. The number of benzene rings is 1. The summed E-state index contributed by atoms with van der Waals surface area (Å²) in [4.78, 5) is 125. The van der Waals surface area contributed by atoms with E-state index >= 15 is 0 Å². The van der Waals surface area contributed by atoms with Gasteiger partial charge in [-0.3, -0.25) is 24.2 Å². The molecule has 4 saturated heterocycles. The number of aliphatic carboxylic acids is 2. The molecule has 1 saturated carbocycles. The summed E-state index contributed by atoms with van der Waals surface area (Å²) in [5.74, 6) is -3.27. The van der Waals surface area contributed by atoms with Crippen molar-refractivity contribution in [3.05, 3.63) is 35.9 Å². The topological polar surface area (TPSA) is 387 Å². The van der Waals surface area contributed by atoms with Gasteiger partial charge in [0, 0.05) is 71.0 Å². The van der Waals surface area contributed by atoms with Gasteiger partial charge < -0.3 is 92.9 Å². The van der Waals surface area contributed by atoms with Crippen molar-refractivity contribution in [1.82, 2.24) is 24.9 Å². The summed E-state index contributed by atoms with van der Waals surface area (Å²) in [6.07, 6.45) is 6.31. The van der Waals surface area contributed by atoms with Crippen LogP contribution in [0.15, 0.2) is 30.3 Å². The zero-order chi connectivity index (χ0) is 89.9. The molecule has 5 aliphatic rings. The maximum Gasteiger partial charge on any atom is 0.457 e. The van der Waals surface area contributed by atoms with Crippen molar-refractivity contribution in [2.75, 3.05) is 39.3 Å². The molecule has 0 bridgehead atoms. The van der Waals surface area contributed by atoms with Gasteiger partial charge in [-0.05, 0) is 256 Å². The van der Waals surface area contributed by atoms with Crippen LogP contribution in [0.4, 0.5) is 19.2 Å². The number of nitrogens with zero attached hydrogens (tertiary/aromatic N) is 4. The van der Waals surface area contributed by atoms with Crippen LogP contribution >= 0.6 is 0 Å². The summed E-state index contributed by atoms with van der Waals surface area (Å²) in [6, 6.07) is 8.23. The van der Waals surface area contributed by atoms with Gasteiger partial charge in [0.2, 0.25) is 0 Å². The van der Waals surface area contributed by atoms with Crippen molar-refractivity contribution in [1.29, 1.82) is 0 Å². The molecule has 1 aromatic rings. The molecule has 4 heterocycles. The summed E-state index contributed by atoms with van der Waals surface area (Å²) < 4.78 is 64.7. The van der Waals surface area contributed by atoms with Crippen LogP contribution in [0.25, 0.3) is 0 Å². The minimum absolute atomic E-state index is 0.00173. The van der Waals surface area contributed by atoms with Crippen molar-refractivity contribution >= 4 is 75.6 Å². The lowest BCUT2D eigenvalue weighted by Crippen LogP contribution is -2.55. The number of likely N-dealkylation sites (tertiary alicyclic amines) is 2. The lowest BCUT2D eigenvalue weighted by Gasteiger charge is -2.37. The number of unbranched alkanes of at least 4 members (excludes halogenated alkanes) is 3. The van der Waals surface area contributed by atoms with Crippen LogP contribution in [0.2, 0.25) is 19.0 Å². The van der Waals surface area contributed by atoms with E-state index in [2.05, 4.69) is 5.32 Å². The van der Waals surface area contributed by atoms with Crippen LogP contribution in [0.5, 0.6) is 0 Å². The first-order chi connectivity index (χ1) is 53.9. The molecule has 6 rings (SSSR count). The fourth-order valence-electron chi connectivity index (χ4n) is 15.0. The van der Waals surface area contributed by atoms with Crippen molar-refractivity contribution in [2.24, 2.45) is 11.1 Å². The highest BCUT2D eigenvalue weighted by molar-refractivity contribution is 6.45. The first-order valence-electron chi connectivity index (χ1n) is 42.5. The smallest absolute Gasteiger partial charge is 0.457 e. The molecule has 33 heteroatoms. The minimum Gasteiger partial charge on any atom is -0.481 e. The Balaban J connectivity index is 0.000000409. The summed E-state index contributed by atoms with van der Waals surface area (Å²) in [5.41, 5.74) is -4.05. The van der Waals surface area contributed by atoms with E-state index in [1.165, 1.54) is 19.6 Å². The largest absolute Gasteiger partial charge is 0.481 e. The number of hydrogen-bond donors (Lipinski definition) is 6. The number of carbonyl (C=O) groups is 9. The highest BCUT2D eigenvalue weighted by Gasteiger charge is 2.60. The highest BCUT2D eigenvalue weighted by Crippen LogP contribution is 2.46. The number of rotatable bonds is 33. The van der Waals surface area contributed by atoms with Gasteiger partial charge in [0.1, 0.15) is 51.3 Å². The summed E-state index contributed by atoms with van der Waals surface area (Å²) in [7, 11) is -2.12. The van der Waals surface area contributed by atoms with Crippen LogP contribution in [0.1, 0.15) is 301 Å². The maximum atomic E-state index is 14.5. The van der Waals surface area contributed by atoms with Crippen LogP contribution in [0.3, 0.4) is 0 Å². The molecule has 1 aliphatic carbocycles. The average molecular weight is 1670 g/mol. The molecule has 672 valence electrons. The van der Waals surface area contributed by atoms with Crippen molar-refractivity contribution in [2.45, 2.75) is 406 Å². The molecule has 0 spiro atoms. The van der Waals surface area contributed by atoms with Gasteiger partial charge in [-0.15, -0.1) is 0 Å². The average Bonchev–Trinajstić information content (AvgIpc) is 1.60. The zero-order valence-electron chi connectivity index (χ0n) is 76.5. The van der Waals surface area contributed by atoms with Crippen LogP contribution in [0, 0.1) is 5.41 Å². The normalized spacial score (nSPS) is 22.7. The van der Waals surface area contributed by atoms with Crippen LogP contribution < -0.4 is 11.1 Å². The predicted molar refractivity (Wildman–Crippen MR) is 451 cm³/mol. The number of hydrogen-bond acceptors (Lipinski definition) is 24. The predicted octanol–water partition coefficient (Wildman–Crippen LogP) is 14.3. The third-order valence-electron chi connectivity index (χ3n) is 21.9. The first kappa shape index (κ1) is 104. The number of nitrogens with two attached hydrogens (primary N) is 1. The number of ether oxygens (including phenoxy) is 7. The van der Waals surface area contributed by atoms with Gasteiger partial charge in [-0.25, -0.2) is 28.8 Å². The Bertz CT molecular complexity index is 3400. The zero-order valence-corrected chi connectivity index (χ0v) is 76.5. The summed E-state index contributed by atoms with van der Waals surface area (Å²) in [6.45, 7) is 49.2. The number of amides is 4. The maximum absolute atomic E-state index is 14.5. The minimum atomic E-state index is -1.63. The number of carbonyl (C=O) groups excluding carboxylic acids is 7. The fourth-order valence-corrected chi connectivity index (χ4v) is 15.0. The highest BCUT2D eigenvalue weighted by atomic mass is 16.7. The molecule has 6 atom stereocenters. The van der Waals surface area contributed by atoms with E-state index in [-0.39, 0.29) is 96.2 Å².